The minimum atomic E-state index is -0.663. The maximum atomic E-state index is 11.3. The van der Waals surface area contributed by atoms with Crippen LogP contribution in [-0.4, -0.2) is 22.6 Å². The van der Waals surface area contributed by atoms with Gasteiger partial charge in [0.05, 0.1) is 0 Å². The van der Waals surface area contributed by atoms with E-state index in [1.807, 2.05) is 20.8 Å². The van der Waals surface area contributed by atoms with E-state index in [2.05, 4.69) is 27.7 Å². The van der Waals surface area contributed by atoms with E-state index < -0.39 is 11.6 Å². The minimum absolute atomic E-state index is 0.268. The molecule has 0 saturated heterocycles. The maximum absolute atomic E-state index is 11.3. The third-order valence-corrected chi connectivity index (χ3v) is 4.19. The number of aliphatic carboxylic acids is 1. The standard InChI is InChI=1S/C14H28O3.C10H20O2/c1-13(2,3)11-9-7-8-10-12(15)16-17-14(4,5)6;1-2-3-4-5-6-7-8-9-10(11)12/h7-11H2,1-6H3;2-9H2,1H3,(H,11,12). The molecule has 174 valence electrons. The fourth-order valence-electron chi connectivity index (χ4n) is 2.55. The largest absolute Gasteiger partial charge is 0.481 e. The lowest BCUT2D eigenvalue weighted by molar-refractivity contribution is -0.320. The first-order valence-electron chi connectivity index (χ1n) is 11.5. The third-order valence-electron chi connectivity index (χ3n) is 4.19. The van der Waals surface area contributed by atoms with Crippen LogP contribution in [0, 0.1) is 5.41 Å². The van der Waals surface area contributed by atoms with Crippen LogP contribution in [0.1, 0.15) is 132 Å². The fraction of sp³-hybridized carbons (Fsp3) is 0.917. The predicted octanol–water partition coefficient (Wildman–Crippen LogP) is 7.47. The average Bonchev–Trinajstić information content (AvgIpc) is 2.57. The number of rotatable bonds is 14. The quantitative estimate of drug-likeness (QED) is 0.181. The van der Waals surface area contributed by atoms with Gasteiger partial charge in [0.2, 0.25) is 0 Å². The highest BCUT2D eigenvalue weighted by molar-refractivity contribution is 5.68. The van der Waals surface area contributed by atoms with Crippen molar-refractivity contribution in [3.8, 4) is 0 Å². The van der Waals surface area contributed by atoms with Crippen LogP contribution in [0.2, 0.25) is 0 Å². The van der Waals surface area contributed by atoms with E-state index in [0.717, 1.165) is 32.1 Å². The molecule has 0 heterocycles. The van der Waals surface area contributed by atoms with Crippen molar-refractivity contribution >= 4 is 11.9 Å². The molecule has 0 amide bonds. The van der Waals surface area contributed by atoms with Crippen LogP contribution < -0.4 is 0 Å². The molecule has 1 N–H and O–H groups in total. The molecule has 0 radical (unpaired) electrons. The van der Waals surface area contributed by atoms with Crippen molar-refractivity contribution < 1.29 is 24.5 Å². The number of hydrogen-bond acceptors (Lipinski definition) is 4. The van der Waals surface area contributed by atoms with E-state index >= 15 is 0 Å². The Kier molecular flexibility index (Phi) is 18.4. The molecule has 0 aromatic heterocycles. The Hall–Kier alpha value is -1.10. The molecular weight excluding hydrogens is 368 g/mol. The molecule has 0 aliphatic rings. The van der Waals surface area contributed by atoms with Crippen molar-refractivity contribution in [2.45, 2.75) is 138 Å². The van der Waals surface area contributed by atoms with Gasteiger partial charge in [0.1, 0.15) is 5.60 Å². The molecule has 0 atom stereocenters. The first kappa shape index (κ1) is 30.1. The van der Waals surface area contributed by atoms with Crippen LogP contribution in [-0.2, 0) is 19.4 Å². The lowest BCUT2D eigenvalue weighted by Crippen LogP contribution is -2.21. The first-order valence-corrected chi connectivity index (χ1v) is 11.5. The van der Waals surface area contributed by atoms with Gasteiger partial charge in [0.25, 0.3) is 0 Å². The second kappa shape index (κ2) is 17.7. The molecule has 0 saturated carbocycles. The molecule has 0 aliphatic heterocycles. The number of carbonyl (C=O) groups is 2. The van der Waals surface area contributed by atoms with Gasteiger partial charge in [0, 0.05) is 12.8 Å². The molecule has 0 rings (SSSR count). The van der Waals surface area contributed by atoms with Gasteiger partial charge in [-0.1, -0.05) is 79.1 Å². The summed E-state index contributed by atoms with van der Waals surface area (Å²) in [5.74, 6) is -0.931. The second-order valence-corrected chi connectivity index (χ2v) is 10.0. The van der Waals surface area contributed by atoms with Gasteiger partial charge in [-0.2, -0.15) is 4.89 Å². The van der Waals surface area contributed by atoms with Crippen molar-refractivity contribution in [2.75, 3.05) is 0 Å². The van der Waals surface area contributed by atoms with Crippen molar-refractivity contribution in [3.05, 3.63) is 0 Å². The zero-order valence-electron chi connectivity index (χ0n) is 20.3. The van der Waals surface area contributed by atoms with Crippen LogP contribution in [0.15, 0.2) is 0 Å². The molecular formula is C24H48O5. The van der Waals surface area contributed by atoms with Crippen LogP contribution in [0.4, 0.5) is 0 Å². The van der Waals surface area contributed by atoms with Gasteiger partial charge in [-0.3, -0.25) is 9.68 Å². The van der Waals surface area contributed by atoms with Crippen LogP contribution in [0.3, 0.4) is 0 Å². The zero-order valence-corrected chi connectivity index (χ0v) is 20.3. The van der Waals surface area contributed by atoms with Gasteiger partial charge in [-0.05, 0) is 45.4 Å². The summed E-state index contributed by atoms with van der Waals surface area (Å²) in [7, 11) is 0. The Morgan fingerprint density at radius 1 is 0.724 bits per heavy atom. The highest BCUT2D eigenvalue weighted by Gasteiger charge is 2.15. The summed E-state index contributed by atoms with van der Waals surface area (Å²) < 4.78 is 0. The summed E-state index contributed by atoms with van der Waals surface area (Å²) >= 11 is 0. The molecule has 0 unspecified atom stereocenters. The van der Waals surface area contributed by atoms with Crippen LogP contribution in [0.5, 0.6) is 0 Å². The zero-order chi connectivity index (χ0) is 22.8. The number of carbonyl (C=O) groups excluding carboxylic acids is 1. The average molecular weight is 417 g/mol. The number of unbranched alkanes of at least 4 members (excludes halogenated alkanes) is 8. The van der Waals surface area contributed by atoms with Gasteiger partial charge >= 0.3 is 11.9 Å². The lowest BCUT2D eigenvalue weighted by Gasteiger charge is -2.18. The third kappa shape index (κ3) is 31.8. The predicted molar refractivity (Wildman–Crippen MR) is 120 cm³/mol. The van der Waals surface area contributed by atoms with Crippen molar-refractivity contribution in [1.82, 2.24) is 0 Å². The normalized spacial score (nSPS) is 11.6. The Balaban J connectivity index is 0. The molecule has 0 fully saturated rings. The Bertz CT molecular complexity index is 404. The van der Waals surface area contributed by atoms with E-state index in [0.29, 0.717) is 18.3 Å². The Morgan fingerprint density at radius 3 is 1.69 bits per heavy atom. The Morgan fingerprint density at radius 2 is 1.21 bits per heavy atom. The summed E-state index contributed by atoms with van der Waals surface area (Å²) in [5.41, 5.74) is -0.0439. The van der Waals surface area contributed by atoms with Gasteiger partial charge in [-0.25, -0.2) is 4.79 Å². The summed E-state index contributed by atoms with van der Waals surface area (Å²) in [6, 6.07) is 0. The summed E-state index contributed by atoms with van der Waals surface area (Å²) in [5, 5.41) is 8.35. The number of carboxylic acids is 1. The summed E-state index contributed by atoms with van der Waals surface area (Å²) in [4.78, 5) is 31.1. The molecule has 0 aromatic carbocycles. The molecule has 0 bridgehead atoms. The SMILES string of the molecule is CC(C)(C)CCCCCC(=O)OOC(C)(C)C.CCCCCCCCCC(=O)O. The van der Waals surface area contributed by atoms with Gasteiger partial charge in [0.15, 0.2) is 0 Å². The van der Waals surface area contributed by atoms with Gasteiger partial charge in [-0.15, -0.1) is 0 Å². The van der Waals surface area contributed by atoms with Gasteiger partial charge < -0.3 is 5.11 Å². The summed E-state index contributed by atoms with van der Waals surface area (Å²) in [6.07, 6.45) is 13.4. The number of hydrogen-bond donors (Lipinski definition) is 1. The molecule has 5 nitrogen and oxygen atoms in total. The van der Waals surface area contributed by atoms with Crippen LogP contribution >= 0.6 is 0 Å². The molecule has 5 heteroatoms. The number of carboxylic acid groups (broad SMARTS) is 1. The first-order chi connectivity index (χ1) is 13.4. The molecule has 0 aliphatic carbocycles. The van der Waals surface area contributed by atoms with E-state index in [4.69, 9.17) is 14.9 Å². The molecule has 0 aromatic rings. The smallest absolute Gasteiger partial charge is 0.342 e. The van der Waals surface area contributed by atoms with E-state index in [1.54, 1.807) is 0 Å². The minimum Gasteiger partial charge on any atom is -0.481 e. The highest BCUT2D eigenvalue weighted by atomic mass is 17.2. The topological polar surface area (TPSA) is 72.8 Å². The monoisotopic (exact) mass is 416 g/mol. The van der Waals surface area contributed by atoms with E-state index in [1.165, 1.54) is 38.5 Å². The van der Waals surface area contributed by atoms with E-state index in [-0.39, 0.29) is 5.97 Å². The van der Waals surface area contributed by atoms with Crippen molar-refractivity contribution in [2.24, 2.45) is 5.41 Å². The van der Waals surface area contributed by atoms with Crippen molar-refractivity contribution in [1.29, 1.82) is 0 Å². The fourth-order valence-corrected chi connectivity index (χ4v) is 2.55. The summed E-state index contributed by atoms with van der Waals surface area (Å²) in [6.45, 7) is 14.5. The molecule has 29 heavy (non-hydrogen) atoms. The molecule has 0 spiro atoms. The van der Waals surface area contributed by atoms with Crippen molar-refractivity contribution in [3.63, 3.8) is 0 Å². The van der Waals surface area contributed by atoms with Crippen LogP contribution in [0.25, 0.3) is 0 Å². The highest BCUT2D eigenvalue weighted by Crippen LogP contribution is 2.22. The maximum Gasteiger partial charge on any atom is 0.342 e. The lowest BCUT2D eigenvalue weighted by atomic mass is 9.89. The van der Waals surface area contributed by atoms with E-state index in [9.17, 15) is 9.59 Å². The second-order valence-electron chi connectivity index (χ2n) is 10.0. The Labute approximate surface area is 179 Å².